The fourth-order valence-electron chi connectivity index (χ4n) is 4.62. The molecule has 0 atom stereocenters. The summed E-state index contributed by atoms with van der Waals surface area (Å²) in [6, 6.07) is 0. The number of hydrogen-bond acceptors (Lipinski definition) is 2. The van der Waals surface area contributed by atoms with E-state index in [1.54, 1.807) is 29.2 Å². The van der Waals surface area contributed by atoms with Crippen LogP contribution in [0.25, 0.3) is 0 Å². The van der Waals surface area contributed by atoms with Crippen LogP contribution in [0.3, 0.4) is 0 Å². The van der Waals surface area contributed by atoms with Crippen LogP contribution in [-0.4, -0.2) is 5.97 Å². The van der Waals surface area contributed by atoms with Crippen molar-refractivity contribution in [1.82, 2.24) is 0 Å². The van der Waals surface area contributed by atoms with Crippen molar-refractivity contribution in [1.29, 1.82) is 0 Å². The molecule has 0 heterocycles. The second-order valence-electron chi connectivity index (χ2n) is 7.63. The molecule has 3 rings (SSSR count). The Balaban J connectivity index is 1.96. The Morgan fingerprint density at radius 2 is 1.45 bits per heavy atom. The summed E-state index contributed by atoms with van der Waals surface area (Å²) in [6.07, 6.45) is 10.3. The van der Waals surface area contributed by atoms with Gasteiger partial charge in [-0.25, -0.2) is 0 Å². The van der Waals surface area contributed by atoms with E-state index in [9.17, 15) is 4.79 Å². The van der Waals surface area contributed by atoms with Crippen molar-refractivity contribution < 1.29 is 25.1 Å². The minimum absolute atomic E-state index is 0.173. The minimum atomic E-state index is -2.72. The first-order valence-electron chi connectivity index (χ1n) is 8.75. The molecule has 3 aliphatic carbocycles. The molecule has 0 unspecified atom stereocenters. The normalized spacial score (nSPS) is 22.5. The van der Waals surface area contributed by atoms with Crippen LogP contribution in [0.5, 0.6) is 0 Å². The predicted molar refractivity (Wildman–Crippen MR) is 87.4 cm³/mol. The van der Waals surface area contributed by atoms with E-state index in [0.717, 1.165) is 0 Å². The molecule has 0 saturated heterocycles. The average molecular weight is 336 g/mol. The van der Waals surface area contributed by atoms with Gasteiger partial charge in [-0.3, -0.25) is 0 Å². The summed E-state index contributed by atoms with van der Waals surface area (Å²) in [5.74, 6) is -0.173. The van der Waals surface area contributed by atoms with Gasteiger partial charge in [0, 0.05) is 0 Å². The zero-order chi connectivity index (χ0) is 15.9. The van der Waals surface area contributed by atoms with Crippen LogP contribution in [0.2, 0.25) is 14.7 Å². The summed E-state index contributed by atoms with van der Waals surface area (Å²) in [5, 5.41) is 4.55. The molecule has 0 radical (unpaired) electrons. The summed E-state index contributed by atoms with van der Waals surface area (Å²) in [4.78, 5) is 12.1. The summed E-state index contributed by atoms with van der Waals surface area (Å²) < 4.78 is 6.56. The van der Waals surface area contributed by atoms with E-state index in [2.05, 4.69) is 17.0 Å². The second-order valence-corrected chi connectivity index (χ2v) is 13.9. The van der Waals surface area contributed by atoms with Gasteiger partial charge in [-0.1, -0.05) is 0 Å². The van der Waals surface area contributed by atoms with Gasteiger partial charge in [-0.05, 0) is 0 Å². The van der Waals surface area contributed by atoms with Crippen LogP contribution in [0.15, 0.2) is 34.4 Å². The van der Waals surface area contributed by atoms with Crippen LogP contribution in [-0.2, 0) is 25.1 Å². The molecule has 0 saturated carbocycles. The monoisotopic (exact) mass is 336 g/mol. The van der Waals surface area contributed by atoms with Crippen molar-refractivity contribution in [3.8, 4) is 0 Å². The number of hydrogen-bond donors (Lipinski definition) is 0. The van der Waals surface area contributed by atoms with Gasteiger partial charge < -0.3 is 0 Å². The third-order valence-corrected chi connectivity index (χ3v) is 9.85. The topological polar surface area (TPSA) is 26.3 Å². The van der Waals surface area contributed by atoms with Gasteiger partial charge in [0.2, 0.25) is 0 Å². The molecule has 0 bridgehead atoms. The van der Waals surface area contributed by atoms with Gasteiger partial charge in [-0.2, -0.15) is 0 Å². The first-order valence-corrected chi connectivity index (χ1v) is 13.4. The van der Waals surface area contributed by atoms with Gasteiger partial charge in [0.1, 0.15) is 0 Å². The molecule has 0 N–H and O–H groups in total. The Labute approximate surface area is 138 Å². The van der Waals surface area contributed by atoms with Crippen molar-refractivity contribution in [2.45, 2.75) is 73.0 Å². The summed E-state index contributed by atoms with van der Waals surface area (Å²) in [5.41, 5.74) is 7.22. The third kappa shape index (κ3) is 2.81. The molecule has 0 spiro atoms. The predicted octanol–water partition coefficient (Wildman–Crippen LogP) is 5.81. The fourth-order valence-corrected chi connectivity index (χ4v) is 9.44. The van der Waals surface area contributed by atoms with Gasteiger partial charge in [0.05, 0.1) is 0 Å². The van der Waals surface area contributed by atoms with E-state index >= 15 is 0 Å². The first kappa shape index (κ1) is 16.3. The van der Waals surface area contributed by atoms with E-state index in [0.29, 0.717) is 9.80 Å². The summed E-state index contributed by atoms with van der Waals surface area (Å²) in [7, 11) is 0. The molecule has 3 aliphatic rings. The summed E-state index contributed by atoms with van der Waals surface area (Å²) >= 11 is -2.72. The molecular weight excluding hydrogens is 308 g/mol. The van der Waals surface area contributed by atoms with Crippen LogP contribution in [0, 0.1) is 0 Å². The Hall–Kier alpha value is -0.596. The number of carbonyl (C=O) groups excluding carboxylic acids is 1. The van der Waals surface area contributed by atoms with Crippen LogP contribution in [0.1, 0.15) is 58.3 Å². The Morgan fingerprint density at radius 3 is 1.91 bits per heavy atom. The first-order chi connectivity index (χ1) is 10.4. The van der Waals surface area contributed by atoms with Crippen LogP contribution >= 0.6 is 0 Å². The Bertz CT molecular complexity index is 548. The van der Waals surface area contributed by atoms with Crippen molar-refractivity contribution in [3.05, 3.63) is 34.4 Å². The van der Waals surface area contributed by atoms with Crippen molar-refractivity contribution in [2.75, 3.05) is 0 Å². The zero-order valence-corrected chi connectivity index (χ0v) is 15.8. The molecule has 0 aromatic rings. The summed E-state index contributed by atoms with van der Waals surface area (Å²) in [6.45, 7) is 5.52. The number of allylic oxidation sites excluding steroid dienone is 4. The fraction of sp³-hybridized carbons (Fsp3) is 0.632. The van der Waals surface area contributed by atoms with E-state index in [-0.39, 0.29) is 5.97 Å². The number of carbonyl (C=O) groups is 1. The van der Waals surface area contributed by atoms with Crippen LogP contribution in [0.4, 0.5) is 0 Å². The van der Waals surface area contributed by atoms with E-state index in [1.165, 1.54) is 51.4 Å². The molecule has 0 aromatic carbocycles. The van der Waals surface area contributed by atoms with Gasteiger partial charge in [0.25, 0.3) is 0 Å². The molecule has 0 aromatic heterocycles. The Kier molecular flexibility index (Phi) is 4.53. The van der Waals surface area contributed by atoms with E-state index in [4.69, 9.17) is 3.32 Å². The standard InChI is InChI=1S/C13H17.C4H6O2.2CH3.Ti/c1-3-7-12-10(5-1)9-11-6-2-4-8-13(11)12;1-3(2)4(5)6;;;/h9H,1-8H2;1H2,2H3,(H,5,6);2*1H3;/q;;;;+1/p-1. The number of fused-ring (bicyclic) bond motifs is 1. The molecule has 0 fully saturated rings. The second kappa shape index (κ2) is 6.13. The van der Waals surface area contributed by atoms with Crippen molar-refractivity contribution in [2.24, 2.45) is 0 Å². The van der Waals surface area contributed by atoms with Crippen LogP contribution < -0.4 is 0 Å². The molecule has 2 nitrogen and oxygen atoms in total. The molecule has 0 amide bonds. The maximum atomic E-state index is 12.1. The molecule has 22 heavy (non-hydrogen) atoms. The van der Waals surface area contributed by atoms with E-state index in [1.807, 2.05) is 0 Å². The van der Waals surface area contributed by atoms with Crippen molar-refractivity contribution >= 4 is 5.97 Å². The molecule has 0 aliphatic heterocycles. The maximum absolute atomic E-state index is 12.1. The number of rotatable bonds is 3. The SMILES string of the molecule is C=C(C)C(=O)[O][Ti]([CH3])([CH3])[CH]1C2=C(CCCC2)C2=C1CCCC2. The van der Waals surface area contributed by atoms with Crippen molar-refractivity contribution in [3.63, 3.8) is 0 Å². The van der Waals surface area contributed by atoms with Gasteiger partial charge >= 0.3 is 138 Å². The van der Waals surface area contributed by atoms with Gasteiger partial charge in [-0.15, -0.1) is 0 Å². The average Bonchev–Trinajstić information content (AvgIpc) is 2.82. The molecule has 3 heteroatoms. The zero-order valence-electron chi connectivity index (χ0n) is 14.3. The third-order valence-electron chi connectivity index (χ3n) is 5.48. The Morgan fingerprint density at radius 1 is 1.00 bits per heavy atom. The molecule has 120 valence electrons. The van der Waals surface area contributed by atoms with E-state index < -0.39 is 17.0 Å². The van der Waals surface area contributed by atoms with Gasteiger partial charge in [0.15, 0.2) is 0 Å². The molecular formula is C19H28O2Ti. The quantitative estimate of drug-likeness (QED) is 0.480.